The minimum Gasteiger partial charge on any atom is -0.351 e. The van der Waals surface area contributed by atoms with Crippen LogP contribution in [0.3, 0.4) is 0 Å². The Kier molecular flexibility index (Phi) is 5.65. The number of carbonyl (C=O) groups is 2. The summed E-state index contributed by atoms with van der Waals surface area (Å²) in [6.45, 7) is 3.98. The second-order valence-corrected chi connectivity index (χ2v) is 6.95. The lowest BCUT2D eigenvalue weighted by molar-refractivity contribution is 0.102. The standard InChI is InChI=1S/C20H20ClN5O2/c1-12(2)18-17(11-23-26(18)16-8-3-5-13(21)9-16)19(27)24-14-6-4-7-15(10-14)25-20(22)28/h3-12H,1-2H3,(H,24,27)(H3,22,25,28). The Hall–Kier alpha value is -3.32. The molecular weight excluding hydrogens is 378 g/mol. The number of benzene rings is 2. The molecule has 28 heavy (non-hydrogen) atoms. The first-order valence-corrected chi connectivity index (χ1v) is 9.04. The first-order valence-electron chi connectivity index (χ1n) is 8.67. The second-order valence-electron chi connectivity index (χ2n) is 6.51. The van der Waals surface area contributed by atoms with Gasteiger partial charge < -0.3 is 16.4 Å². The van der Waals surface area contributed by atoms with Gasteiger partial charge in [-0.2, -0.15) is 5.10 Å². The molecule has 0 bridgehead atoms. The van der Waals surface area contributed by atoms with Crippen LogP contribution in [0.2, 0.25) is 5.02 Å². The van der Waals surface area contributed by atoms with Crippen LogP contribution in [0.4, 0.5) is 16.2 Å². The molecule has 0 saturated carbocycles. The van der Waals surface area contributed by atoms with E-state index in [-0.39, 0.29) is 11.8 Å². The predicted molar refractivity (Wildman–Crippen MR) is 110 cm³/mol. The van der Waals surface area contributed by atoms with Crippen molar-refractivity contribution in [1.82, 2.24) is 9.78 Å². The molecule has 1 heterocycles. The molecule has 8 heteroatoms. The summed E-state index contributed by atoms with van der Waals surface area (Å²) in [5, 5.41) is 10.3. The summed E-state index contributed by atoms with van der Waals surface area (Å²) in [4.78, 5) is 23.9. The normalized spacial score (nSPS) is 10.7. The van der Waals surface area contributed by atoms with E-state index in [0.717, 1.165) is 11.4 Å². The summed E-state index contributed by atoms with van der Waals surface area (Å²) in [6.07, 6.45) is 1.54. The van der Waals surface area contributed by atoms with Crippen LogP contribution in [0.5, 0.6) is 0 Å². The number of nitrogens with zero attached hydrogens (tertiary/aromatic N) is 2. The number of primary amides is 1. The highest BCUT2D eigenvalue weighted by Crippen LogP contribution is 2.25. The summed E-state index contributed by atoms with van der Waals surface area (Å²) in [6, 6.07) is 13.3. The molecule has 0 atom stereocenters. The Morgan fingerprint density at radius 1 is 1.07 bits per heavy atom. The van der Waals surface area contributed by atoms with E-state index in [1.165, 1.54) is 6.20 Å². The molecule has 3 rings (SSSR count). The zero-order valence-electron chi connectivity index (χ0n) is 15.4. The maximum Gasteiger partial charge on any atom is 0.316 e. The molecule has 0 aliphatic rings. The van der Waals surface area contributed by atoms with Gasteiger partial charge in [-0.25, -0.2) is 9.48 Å². The first kappa shape index (κ1) is 19.4. The number of amides is 3. The number of nitrogens with two attached hydrogens (primary N) is 1. The predicted octanol–water partition coefficient (Wildman–Crippen LogP) is 4.39. The van der Waals surface area contributed by atoms with Crippen molar-refractivity contribution in [3.63, 3.8) is 0 Å². The first-order chi connectivity index (χ1) is 13.3. The molecule has 0 unspecified atom stereocenters. The Balaban J connectivity index is 1.91. The van der Waals surface area contributed by atoms with Gasteiger partial charge in [-0.3, -0.25) is 4.79 Å². The van der Waals surface area contributed by atoms with E-state index in [2.05, 4.69) is 15.7 Å². The van der Waals surface area contributed by atoms with Crippen molar-refractivity contribution >= 4 is 34.9 Å². The Morgan fingerprint density at radius 2 is 1.75 bits per heavy atom. The summed E-state index contributed by atoms with van der Waals surface area (Å²) in [7, 11) is 0. The lowest BCUT2D eigenvalue weighted by Crippen LogP contribution is -2.19. The number of carbonyl (C=O) groups excluding carboxylic acids is 2. The number of halogens is 1. The van der Waals surface area contributed by atoms with E-state index in [0.29, 0.717) is 22.0 Å². The van der Waals surface area contributed by atoms with E-state index in [1.807, 2.05) is 26.0 Å². The molecule has 1 aromatic heterocycles. The molecule has 3 amide bonds. The molecule has 2 aromatic carbocycles. The van der Waals surface area contributed by atoms with Crippen molar-refractivity contribution in [3.8, 4) is 5.69 Å². The van der Waals surface area contributed by atoms with Gasteiger partial charge in [-0.1, -0.05) is 37.6 Å². The van der Waals surface area contributed by atoms with Gasteiger partial charge in [0.1, 0.15) is 0 Å². The Labute approximate surface area is 167 Å². The molecule has 3 aromatic rings. The molecule has 0 fully saturated rings. The largest absolute Gasteiger partial charge is 0.351 e. The van der Waals surface area contributed by atoms with Crippen molar-refractivity contribution in [2.45, 2.75) is 19.8 Å². The number of anilines is 2. The maximum atomic E-state index is 12.9. The zero-order valence-corrected chi connectivity index (χ0v) is 16.2. The molecule has 4 N–H and O–H groups in total. The number of nitrogens with one attached hydrogen (secondary N) is 2. The third-order valence-electron chi connectivity index (χ3n) is 4.04. The van der Waals surface area contributed by atoms with Crippen molar-refractivity contribution < 1.29 is 9.59 Å². The van der Waals surface area contributed by atoms with Crippen LogP contribution in [0, 0.1) is 0 Å². The molecular formula is C20H20ClN5O2. The third-order valence-corrected chi connectivity index (χ3v) is 4.27. The second kappa shape index (κ2) is 8.14. The average Bonchev–Trinajstić information content (AvgIpc) is 3.07. The van der Waals surface area contributed by atoms with Crippen LogP contribution in [-0.2, 0) is 0 Å². The van der Waals surface area contributed by atoms with Gasteiger partial charge in [0, 0.05) is 16.4 Å². The van der Waals surface area contributed by atoms with Crippen molar-refractivity contribution in [3.05, 3.63) is 71.0 Å². The number of rotatable bonds is 5. The highest BCUT2D eigenvalue weighted by atomic mass is 35.5. The van der Waals surface area contributed by atoms with Gasteiger partial charge in [0.2, 0.25) is 0 Å². The van der Waals surface area contributed by atoms with E-state index in [4.69, 9.17) is 17.3 Å². The number of hydrogen-bond donors (Lipinski definition) is 3. The van der Waals surface area contributed by atoms with E-state index in [9.17, 15) is 9.59 Å². The molecule has 144 valence electrons. The lowest BCUT2D eigenvalue weighted by atomic mass is 10.0. The van der Waals surface area contributed by atoms with Gasteiger partial charge >= 0.3 is 6.03 Å². The summed E-state index contributed by atoms with van der Waals surface area (Å²) in [5.74, 6) is -0.252. The lowest BCUT2D eigenvalue weighted by Gasteiger charge is -2.13. The van der Waals surface area contributed by atoms with Crippen LogP contribution in [0.1, 0.15) is 35.8 Å². The topological polar surface area (TPSA) is 102 Å². The Morgan fingerprint density at radius 3 is 2.39 bits per heavy atom. The fraction of sp³-hybridized carbons (Fsp3) is 0.150. The van der Waals surface area contributed by atoms with Crippen molar-refractivity contribution in [2.75, 3.05) is 10.6 Å². The van der Waals surface area contributed by atoms with E-state index < -0.39 is 6.03 Å². The van der Waals surface area contributed by atoms with Crippen LogP contribution in [-0.4, -0.2) is 21.7 Å². The minimum atomic E-state index is -0.673. The van der Waals surface area contributed by atoms with Gasteiger partial charge in [0.15, 0.2) is 0 Å². The van der Waals surface area contributed by atoms with Crippen molar-refractivity contribution in [2.24, 2.45) is 5.73 Å². The fourth-order valence-corrected chi connectivity index (χ4v) is 3.10. The SMILES string of the molecule is CC(C)c1c(C(=O)Nc2cccc(NC(N)=O)c2)cnn1-c1cccc(Cl)c1. The third kappa shape index (κ3) is 4.32. The highest BCUT2D eigenvalue weighted by Gasteiger charge is 2.21. The smallest absolute Gasteiger partial charge is 0.316 e. The van der Waals surface area contributed by atoms with Gasteiger partial charge in [-0.15, -0.1) is 0 Å². The van der Waals surface area contributed by atoms with Gasteiger partial charge in [0.25, 0.3) is 5.91 Å². The Bertz CT molecular complexity index is 1030. The van der Waals surface area contributed by atoms with Gasteiger partial charge in [0.05, 0.1) is 23.1 Å². The molecule has 0 saturated heterocycles. The minimum absolute atomic E-state index is 0.0464. The summed E-state index contributed by atoms with van der Waals surface area (Å²) in [5.41, 5.74) is 8.16. The summed E-state index contributed by atoms with van der Waals surface area (Å²) >= 11 is 6.09. The van der Waals surface area contributed by atoms with E-state index in [1.54, 1.807) is 41.1 Å². The summed E-state index contributed by atoms with van der Waals surface area (Å²) < 4.78 is 1.72. The molecule has 7 nitrogen and oxygen atoms in total. The van der Waals surface area contributed by atoms with E-state index >= 15 is 0 Å². The molecule has 0 aliphatic carbocycles. The van der Waals surface area contributed by atoms with Gasteiger partial charge in [-0.05, 0) is 42.3 Å². The average molecular weight is 398 g/mol. The molecule has 0 spiro atoms. The zero-order chi connectivity index (χ0) is 20.3. The number of aromatic nitrogens is 2. The van der Waals surface area contributed by atoms with Crippen LogP contribution in [0.25, 0.3) is 5.69 Å². The molecule has 0 radical (unpaired) electrons. The van der Waals surface area contributed by atoms with Crippen LogP contribution in [0.15, 0.2) is 54.7 Å². The quantitative estimate of drug-likeness (QED) is 0.594. The maximum absolute atomic E-state index is 12.9. The van der Waals surface area contributed by atoms with Crippen LogP contribution < -0.4 is 16.4 Å². The molecule has 0 aliphatic heterocycles. The van der Waals surface area contributed by atoms with Crippen molar-refractivity contribution in [1.29, 1.82) is 0 Å². The highest BCUT2D eigenvalue weighted by molar-refractivity contribution is 6.30. The van der Waals surface area contributed by atoms with Crippen LogP contribution >= 0.6 is 11.6 Å². The fourth-order valence-electron chi connectivity index (χ4n) is 2.92. The number of urea groups is 1. The number of hydrogen-bond acceptors (Lipinski definition) is 3. The monoisotopic (exact) mass is 397 g/mol.